The van der Waals surface area contributed by atoms with Gasteiger partial charge in [-0.25, -0.2) is 0 Å². The van der Waals surface area contributed by atoms with E-state index in [-0.39, 0.29) is 18.0 Å². The van der Waals surface area contributed by atoms with E-state index >= 15 is 0 Å². The summed E-state index contributed by atoms with van der Waals surface area (Å²) in [7, 11) is 3.16. The monoisotopic (exact) mass is 318 g/mol. The smallest absolute Gasteiger partial charge is 0.264 e. The van der Waals surface area contributed by atoms with E-state index in [1.807, 2.05) is 0 Å². The zero-order valence-corrected chi connectivity index (χ0v) is 13.0. The summed E-state index contributed by atoms with van der Waals surface area (Å²) in [6.07, 6.45) is 1.54. The summed E-state index contributed by atoms with van der Waals surface area (Å²) in [4.78, 5) is 41.7. The molecule has 2 heterocycles. The van der Waals surface area contributed by atoms with Crippen LogP contribution in [-0.2, 0) is 16.1 Å². The fourth-order valence-corrected chi connectivity index (χ4v) is 2.14. The minimum Gasteiger partial charge on any atom is -0.383 e. The molecule has 0 aromatic carbocycles. The summed E-state index contributed by atoms with van der Waals surface area (Å²) in [5, 5.41) is 0. The number of nitrogens with zero attached hydrogens (tertiary/aromatic N) is 3. The minimum absolute atomic E-state index is 0.191. The second kappa shape index (κ2) is 7.01. The van der Waals surface area contributed by atoms with Gasteiger partial charge in [0.1, 0.15) is 12.1 Å². The molecule has 8 heteroatoms. The number of primary amides is 1. The number of likely N-dealkylation sites (N-methyl/N-ethyl adjacent to an activating group) is 1. The van der Waals surface area contributed by atoms with Crippen molar-refractivity contribution in [1.29, 1.82) is 0 Å². The van der Waals surface area contributed by atoms with Crippen molar-refractivity contribution in [2.24, 2.45) is 5.73 Å². The van der Waals surface area contributed by atoms with Crippen LogP contribution in [0.2, 0.25) is 0 Å². The minimum atomic E-state index is -0.850. The number of fused-ring (bicyclic) bond motifs is 1. The van der Waals surface area contributed by atoms with Crippen LogP contribution < -0.4 is 11.3 Å². The number of ether oxygens (including phenoxy) is 1. The van der Waals surface area contributed by atoms with Gasteiger partial charge >= 0.3 is 0 Å². The number of carbonyl (C=O) groups is 2. The fourth-order valence-electron chi connectivity index (χ4n) is 2.14. The average Bonchev–Trinajstić information content (AvgIpc) is 2.54. The second-order valence-corrected chi connectivity index (χ2v) is 5.03. The topological polar surface area (TPSA) is 108 Å². The number of nitrogens with two attached hydrogens (primary N) is 1. The van der Waals surface area contributed by atoms with Crippen molar-refractivity contribution in [1.82, 2.24) is 14.5 Å². The van der Waals surface area contributed by atoms with Crippen LogP contribution in [-0.4, -0.2) is 53.6 Å². The third-order valence-electron chi connectivity index (χ3n) is 3.48. The SMILES string of the molecule is COCCN(C)C(=O)Cn1c(=O)c(C(N)=O)cc2ncccc21. The number of aromatic nitrogens is 2. The molecule has 0 saturated carbocycles. The van der Waals surface area contributed by atoms with Crippen LogP contribution >= 0.6 is 0 Å². The Morgan fingerprint density at radius 2 is 2.17 bits per heavy atom. The molecular formula is C15H18N4O4. The zero-order valence-electron chi connectivity index (χ0n) is 13.0. The van der Waals surface area contributed by atoms with Crippen LogP contribution in [0.25, 0.3) is 11.0 Å². The fraction of sp³-hybridized carbons (Fsp3) is 0.333. The molecular weight excluding hydrogens is 300 g/mol. The lowest BCUT2D eigenvalue weighted by atomic mass is 10.2. The Bertz CT molecular complexity index is 800. The zero-order chi connectivity index (χ0) is 17.0. The third-order valence-corrected chi connectivity index (χ3v) is 3.48. The maximum Gasteiger partial charge on any atom is 0.264 e. The molecule has 0 spiro atoms. The quantitative estimate of drug-likeness (QED) is 0.780. The summed E-state index contributed by atoms with van der Waals surface area (Å²) < 4.78 is 6.14. The van der Waals surface area contributed by atoms with Gasteiger partial charge in [0.05, 0.1) is 17.6 Å². The molecule has 0 fully saturated rings. The van der Waals surface area contributed by atoms with Crippen molar-refractivity contribution in [3.8, 4) is 0 Å². The third kappa shape index (κ3) is 3.54. The first-order valence-corrected chi connectivity index (χ1v) is 6.97. The summed E-state index contributed by atoms with van der Waals surface area (Å²) in [6.45, 7) is 0.582. The molecule has 0 saturated heterocycles. The van der Waals surface area contributed by atoms with Gasteiger partial charge in [0.25, 0.3) is 11.5 Å². The lowest BCUT2D eigenvalue weighted by molar-refractivity contribution is -0.131. The van der Waals surface area contributed by atoms with Crippen LogP contribution in [0.5, 0.6) is 0 Å². The molecule has 0 aliphatic carbocycles. The van der Waals surface area contributed by atoms with Crippen LogP contribution in [0.3, 0.4) is 0 Å². The van der Waals surface area contributed by atoms with Crippen LogP contribution in [0.1, 0.15) is 10.4 Å². The number of carbonyl (C=O) groups excluding carboxylic acids is 2. The van der Waals surface area contributed by atoms with E-state index in [0.29, 0.717) is 24.2 Å². The summed E-state index contributed by atoms with van der Waals surface area (Å²) in [5.41, 5.74) is 5.34. The highest BCUT2D eigenvalue weighted by Crippen LogP contribution is 2.11. The van der Waals surface area contributed by atoms with Crippen molar-refractivity contribution in [2.45, 2.75) is 6.54 Å². The standard InChI is InChI=1S/C15H18N4O4/c1-18(6-7-23-2)13(20)9-19-12-4-3-5-17-11(12)8-10(14(16)21)15(19)22/h3-5,8H,6-7,9H2,1-2H3,(H2,16,21). The lowest BCUT2D eigenvalue weighted by Crippen LogP contribution is -2.37. The molecule has 0 aliphatic heterocycles. The molecule has 0 atom stereocenters. The van der Waals surface area contributed by atoms with E-state index in [2.05, 4.69) is 4.98 Å². The molecule has 2 aromatic rings. The van der Waals surface area contributed by atoms with E-state index in [1.165, 1.54) is 21.7 Å². The van der Waals surface area contributed by atoms with Crippen LogP contribution in [0.15, 0.2) is 29.2 Å². The normalized spacial score (nSPS) is 10.7. The molecule has 8 nitrogen and oxygen atoms in total. The molecule has 2 amide bonds. The number of hydrogen-bond donors (Lipinski definition) is 1. The van der Waals surface area contributed by atoms with Crippen molar-refractivity contribution < 1.29 is 14.3 Å². The number of rotatable bonds is 6. The molecule has 2 rings (SSSR count). The molecule has 122 valence electrons. The number of methoxy groups -OCH3 is 1. The Balaban J connectivity index is 2.46. The van der Waals surface area contributed by atoms with Gasteiger partial charge in [-0.15, -0.1) is 0 Å². The van der Waals surface area contributed by atoms with Crippen LogP contribution in [0.4, 0.5) is 0 Å². The molecule has 2 aromatic heterocycles. The Hall–Kier alpha value is -2.74. The van der Waals surface area contributed by atoms with Crippen molar-refractivity contribution in [3.05, 3.63) is 40.3 Å². The molecule has 0 bridgehead atoms. The first-order chi connectivity index (χ1) is 11.0. The Kier molecular flexibility index (Phi) is 5.07. The van der Waals surface area contributed by atoms with Gasteiger partial charge in [0.15, 0.2) is 0 Å². The van der Waals surface area contributed by atoms with Crippen molar-refractivity contribution in [3.63, 3.8) is 0 Å². The Morgan fingerprint density at radius 3 is 2.83 bits per heavy atom. The molecule has 23 heavy (non-hydrogen) atoms. The van der Waals surface area contributed by atoms with E-state index in [9.17, 15) is 14.4 Å². The largest absolute Gasteiger partial charge is 0.383 e. The van der Waals surface area contributed by atoms with Gasteiger partial charge in [-0.05, 0) is 18.2 Å². The second-order valence-electron chi connectivity index (χ2n) is 5.03. The van der Waals surface area contributed by atoms with Gasteiger partial charge in [-0.3, -0.25) is 23.9 Å². The predicted octanol–water partition coefficient (Wildman–Crippen LogP) is -0.400. The number of pyridine rings is 2. The molecule has 0 radical (unpaired) electrons. The summed E-state index contributed by atoms with van der Waals surface area (Å²) >= 11 is 0. The summed E-state index contributed by atoms with van der Waals surface area (Å²) in [5.74, 6) is -1.13. The van der Waals surface area contributed by atoms with E-state index < -0.39 is 11.5 Å². The van der Waals surface area contributed by atoms with E-state index in [4.69, 9.17) is 10.5 Å². The van der Waals surface area contributed by atoms with Gasteiger partial charge in [-0.1, -0.05) is 0 Å². The lowest BCUT2D eigenvalue weighted by Gasteiger charge is -2.18. The molecule has 0 unspecified atom stereocenters. The number of hydrogen-bond acceptors (Lipinski definition) is 5. The summed E-state index contributed by atoms with van der Waals surface area (Å²) in [6, 6.07) is 4.66. The first-order valence-electron chi connectivity index (χ1n) is 6.97. The Labute approximate surface area is 132 Å². The highest BCUT2D eigenvalue weighted by molar-refractivity contribution is 5.95. The molecule has 2 N–H and O–H groups in total. The first kappa shape index (κ1) is 16.6. The Morgan fingerprint density at radius 1 is 1.43 bits per heavy atom. The van der Waals surface area contributed by atoms with E-state index in [1.54, 1.807) is 26.3 Å². The highest BCUT2D eigenvalue weighted by atomic mass is 16.5. The van der Waals surface area contributed by atoms with Gasteiger partial charge in [0.2, 0.25) is 5.91 Å². The number of amides is 2. The maximum absolute atomic E-state index is 12.4. The van der Waals surface area contributed by atoms with Gasteiger partial charge in [-0.2, -0.15) is 0 Å². The van der Waals surface area contributed by atoms with Gasteiger partial charge in [0, 0.05) is 26.9 Å². The highest BCUT2D eigenvalue weighted by Gasteiger charge is 2.17. The average molecular weight is 318 g/mol. The van der Waals surface area contributed by atoms with Crippen molar-refractivity contribution >= 4 is 22.8 Å². The van der Waals surface area contributed by atoms with Gasteiger partial charge < -0.3 is 15.4 Å². The van der Waals surface area contributed by atoms with Crippen LogP contribution in [0, 0.1) is 0 Å². The predicted molar refractivity (Wildman–Crippen MR) is 84.0 cm³/mol. The van der Waals surface area contributed by atoms with Crippen molar-refractivity contribution in [2.75, 3.05) is 27.3 Å². The maximum atomic E-state index is 12.4. The van der Waals surface area contributed by atoms with E-state index in [0.717, 1.165) is 0 Å². The molecule has 0 aliphatic rings.